The summed E-state index contributed by atoms with van der Waals surface area (Å²) in [7, 11) is 0. The van der Waals surface area contributed by atoms with Crippen LogP contribution in [0.15, 0.2) is 54.0 Å². The second kappa shape index (κ2) is 7.58. The molecule has 1 atom stereocenters. The first-order valence-electron chi connectivity index (χ1n) is 8.51. The van der Waals surface area contributed by atoms with Crippen LogP contribution in [-0.4, -0.2) is 27.6 Å². The highest BCUT2D eigenvalue weighted by atomic mass is 35.5. The monoisotopic (exact) mass is 400 g/mol. The molecular formula is C20H17ClN2O3S. The number of thiazole rings is 1. The minimum atomic E-state index is -0.469. The second-order valence-electron chi connectivity index (χ2n) is 6.25. The van der Waals surface area contributed by atoms with Crippen molar-refractivity contribution >= 4 is 29.0 Å². The highest BCUT2D eigenvalue weighted by Crippen LogP contribution is 2.41. The van der Waals surface area contributed by atoms with Gasteiger partial charge in [0.15, 0.2) is 0 Å². The van der Waals surface area contributed by atoms with E-state index in [2.05, 4.69) is 4.98 Å². The number of hydrogen-bond donors (Lipinski definition) is 1. The fourth-order valence-corrected chi connectivity index (χ4v) is 4.39. The molecule has 4 rings (SSSR count). The standard InChI is InChI=1S/C20H17ClN2O3S/c21-14-6-7-17(24)15(10-14)18-19-16(22-12-27-19)8-9-23(18)20(25)26-11-13-4-2-1-3-5-13/h1-7,10,12,18,24H,8-9,11H2. The molecule has 0 fully saturated rings. The Labute approximate surface area is 165 Å². The number of aromatic hydroxyl groups is 1. The summed E-state index contributed by atoms with van der Waals surface area (Å²) in [5.41, 5.74) is 4.20. The van der Waals surface area contributed by atoms with E-state index in [0.717, 1.165) is 16.1 Å². The summed E-state index contributed by atoms with van der Waals surface area (Å²) < 4.78 is 5.54. The zero-order valence-corrected chi connectivity index (χ0v) is 15.9. The first-order valence-corrected chi connectivity index (χ1v) is 9.77. The lowest BCUT2D eigenvalue weighted by atomic mass is 9.97. The van der Waals surface area contributed by atoms with Crippen LogP contribution in [0.4, 0.5) is 4.79 Å². The molecule has 138 valence electrons. The van der Waals surface area contributed by atoms with Gasteiger partial charge in [0, 0.05) is 23.6 Å². The smallest absolute Gasteiger partial charge is 0.410 e. The molecule has 1 aliphatic heterocycles. The molecule has 3 aromatic rings. The minimum absolute atomic E-state index is 0.0894. The van der Waals surface area contributed by atoms with Crippen LogP contribution in [0.25, 0.3) is 0 Å². The molecule has 1 amide bonds. The Morgan fingerprint density at radius 3 is 2.93 bits per heavy atom. The SMILES string of the molecule is O=C(OCc1ccccc1)N1CCc2ncsc2C1c1cc(Cl)ccc1O. The lowest BCUT2D eigenvalue weighted by molar-refractivity contribution is 0.0838. The van der Waals surface area contributed by atoms with E-state index in [9.17, 15) is 9.90 Å². The molecule has 0 spiro atoms. The van der Waals surface area contributed by atoms with Gasteiger partial charge in [0.25, 0.3) is 0 Å². The van der Waals surface area contributed by atoms with Gasteiger partial charge in [-0.25, -0.2) is 9.78 Å². The predicted octanol–water partition coefficient (Wildman–Crippen LogP) is 4.79. The molecule has 1 aromatic heterocycles. The number of phenols is 1. The van der Waals surface area contributed by atoms with Gasteiger partial charge in [0.05, 0.1) is 16.1 Å². The number of carbonyl (C=O) groups is 1. The number of fused-ring (bicyclic) bond motifs is 1. The minimum Gasteiger partial charge on any atom is -0.508 e. The predicted molar refractivity (Wildman–Crippen MR) is 104 cm³/mol. The lowest BCUT2D eigenvalue weighted by Crippen LogP contribution is -2.40. The first kappa shape index (κ1) is 17.8. The molecule has 5 nitrogen and oxygen atoms in total. The van der Waals surface area contributed by atoms with Crippen molar-refractivity contribution in [3.8, 4) is 5.75 Å². The van der Waals surface area contributed by atoms with E-state index in [1.807, 2.05) is 30.3 Å². The number of nitrogens with zero attached hydrogens (tertiary/aromatic N) is 2. The third-order valence-corrected chi connectivity index (χ3v) is 5.70. The average Bonchev–Trinajstić information content (AvgIpc) is 3.17. The summed E-state index contributed by atoms with van der Waals surface area (Å²) in [5.74, 6) is 0.0894. The summed E-state index contributed by atoms with van der Waals surface area (Å²) in [6.45, 7) is 0.654. The van der Waals surface area contributed by atoms with Crippen LogP contribution in [0.2, 0.25) is 5.02 Å². The Morgan fingerprint density at radius 2 is 2.11 bits per heavy atom. The Balaban J connectivity index is 1.64. The maximum Gasteiger partial charge on any atom is 0.410 e. The Hall–Kier alpha value is -2.57. The number of hydrogen-bond acceptors (Lipinski definition) is 5. The molecule has 0 saturated heterocycles. The van der Waals surface area contributed by atoms with Crippen molar-refractivity contribution in [3.05, 3.63) is 80.8 Å². The summed E-state index contributed by atoms with van der Waals surface area (Å²) in [4.78, 5) is 19.8. The zero-order valence-electron chi connectivity index (χ0n) is 14.3. The van der Waals surface area contributed by atoms with Crippen molar-refractivity contribution in [1.82, 2.24) is 9.88 Å². The summed E-state index contributed by atoms with van der Waals surface area (Å²) in [6.07, 6.45) is 0.221. The van der Waals surface area contributed by atoms with Crippen LogP contribution in [-0.2, 0) is 17.8 Å². The number of carbonyl (C=O) groups excluding carboxylic acids is 1. The van der Waals surface area contributed by atoms with Crippen molar-refractivity contribution < 1.29 is 14.6 Å². The normalized spacial score (nSPS) is 16.0. The number of benzene rings is 2. The van der Waals surface area contributed by atoms with E-state index < -0.39 is 12.1 Å². The molecule has 0 aliphatic carbocycles. The van der Waals surface area contributed by atoms with Gasteiger partial charge in [0.1, 0.15) is 18.4 Å². The number of amides is 1. The Kier molecular flexibility index (Phi) is 5.01. The third-order valence-electron chi connectivity index (χ3n) is 4.55. The van der Waals surface area contributed by atoms with E-state index in [-0.39, 0.29) is 12.4 Å². The molecule has 0 bridgehead atoms. The number of ether oxygens (including phenoxy) is 1. The first-order chi connectivity index (χ1) is 13.1. The van der Waals surface area contributed by atoms with E-state index in [1.165, 1.54) is 11.3 Å². The summed E-state index contributed by atoms with van der Waals surface area (Å²) in [6, 6.07) is 13.9. The van der Waals surface area contributed by atoms with Gasteiger partial charge in [-0.2, -0.15) is 0 Å². The molecule has 7 heteroatoms. The molecule has 0 saturated carbocycles. The fourth-order valence-electron chi connectivity index (χ4n) is 3.24. The van der Waals surface area contributed by atoms with Crippen molar-refractivity contribution in [2.45, 2.75) is 19.1 Å². The maximum absolute atomic E-state index is 12.9. The van der Waals surface area contributed by atoms with Crippen molar-refractivity contribution in [2.75, 3.05) is 6.54 Å². The van der Waals surface area contributed by atoms with Gasteiger partial charge in [-0.05, 0) is 23.8 Å². The van der Waals surface area contributed by atoms with Crippen LogP contribution in [0, 0.1) is 0 Å². The Bertz CT molecular complexity index is 961. The van der Waals surface area contributed by atoms with Crippen LogP contribution in [0.1, 0.15) is 27.7 Å². The quantitative estimate of drug-likeness (QED) is 0.686. The van der Waals surface area contributed by atoms with Crippen molar-refractivity contribution in [1.29, 1.82) is 0 Å². The van der Waals surface area contributed by atoms with Crippen LogP contribution in [0.3, 0.4) is 0 Å². The van der Waals surface area contributed by atoms with Gasteiger partial charge in [-0.15, -0.1) is 11.3 Å². The van der Waals surface area contributed by atoms with E-state index >= 15 is 0 Å². The van der Waals surface area contributed by atoms with Crippen LogP contribution in [0.5, 0.6) is 5.75 Å². The van der Waals surface area contributed by atoms with Gasteiger partial charge < -0.3 is 9.84 Å². The van der Waals surface area contributed by atoms with Gasteiger partial charge in [0.2, 0.25) is 0 Å². The second-order valence-corrected chi connectivity index (χ2v) is 7.58. The van der Waals surface area contributed by atoms with Gasteiger partial charge in [-0.1, -0.05) is 41.9 Å². The fraction of sp³-hybridized carbons (Fsp3) is 0.200. The lowest BCUT2D eigenvalue weighted by Gasteiger charge is -2.34. The zero-order chi connectivity index (χ0) is 18.8. The summed E-state index contributed by atoms with van der Waals surface area (Å²) >= 11 is 7.61. The Morgan fingerprint density at radius 1 is 1.30 bits per heavy atom. The van der Waals surface area contributed by atoms with E-state index in [1.54, 1.807) is 28.6 Å². The molecule has 2 heterocycles. The van der Waals surface area contributed by atoms with E-state index in [0.29, 0.717) is 23.6 Å². The van der Waals surface area contributed by atoms with Crippen molar-refractivity contribution in [3.63, 3.8) is 0 Å². The van der Waals surface area contributed by atoms with Crippen LogP contribution < -0.4 is 0 Å². The molecule has 27 heavy (non-hydrogen) atoms. The molecule has 2 aromatic carbocycles. The maximum atomic E-state index is 12.9. The highest BCUT2D eigenvalue weighted by Gasteiger charge is 2.36. The number of aromatic nitrogens is 1. The van der Waals surface area contributed by atoms with Gasteiger partial charge >= 0.3 is 6.09 Å². The third kappa shape index (κ3) is 3.63. The molecule has 1 N–H and O–H groups in total. The topological polar surface area (TPSA) is 62.7 Å². The number of phenolic OH excluding ortho intramolecular Hbond substituents is 1. The van der Waals surface area contributed by atoms with E-state index in [4.69, 9.17) is 16.3 Å². The van der Waals surface area contributed by atoms with Gasteiger partial charge in [-0.3, -0.25) is 4.90 Å². The number of rotatable bonds is 3. The molecule has 0 radical (unpaired) electrons. The van der Waals surface area contributed by atoms with Crippen LogP contribution >= 0.6 is 22.9 Å². The molecule has 1 unspecified atom stereocenters. The largest absolute Gasteiger partial charge is 0.508 e. The number of halogens is 1. The molecule has 1 aliphatic rings. The average molecular weight is 401 g/mol. The molecular weight excluding hydrogens is 384 g/mol. The van der Waals surface area contributed by atoms with Crippen molar-refractivity contribution in [2.24, 2.45) is 0 Å². The highest BCUT2D eigenvalue weighted by molar-refractivity contribution is 7.09. The summed E-state index contributed by atoms with van der Waals surface area (Å²) in [5, 5.41) is 10.9.